The first-order valence-corrected chi connectivity index (χ1v) is 6.36. The maximum atomic E-state index is 5.79. The molecule has 0 N–H and O–H groups in total. The Morgan fingerprint density at radius 3 is 2.62 bits per heavy atom. The van der Waals surface area contributed by atoms with E-state index in [1.54, 1.807) is 0 Å². The summed E-state index contributed by atoms with van der Waals surface area (Å²) in [5.74, 6) is 1.55. The SMILES string of the molecule is CCN1CCN(c2cccc(CCl)n2)CC1. The molecular weight excluding hydrogens is 222 g/mol. The van der Waals surface area contributed by atoms with Crippen molar-refractivity contribution in [1.82, 2.24) is 9.88 Å². The van der Waals surface area contributed by atoms with Crippen LogP contribution in [0.2, 0.25) is 0 Å². The Kier molecular flexibility index (Phi) is 4.02. The molecule has 2 heterocycles. The standard InChI is InChI=1S/C12H18ClN3/c1-2-15-6-8-16(9-7-15)12-5-3-4-11(10-13)14-12/h3-5H,2,6-10H2,1H3. The maximum absolute atomic E-state index is 5.79. The van der Waals surface area contributed by atoms with Crippen LogP contribution >= 0.6 is 11.6 Å². The first kappa shape index (κ1) is 11.7. The number of aromatic nitrogens is 1. The van der Waals surface area contributed by atoms with E-state index in [4.69, 9.17) is 11.6 Å². The van der Waals surface area contributed by atoms with E-state index in [1.165, 1.54) is 0 Å². The Balaban J connectivity index is 2.02. The number of alkyl halides is 1. The lowest BCUT2D eigenvalue weighted by atomic mass is 10.3. The van der Waals surface area contributed by atoms with Crippen LogP contribution in [0.15, 0.2) is 18.2 Å². The molecule has 0 saturated carbocycles. The van der Waals surface area contributed by atoms with Crippen LogP contribution in [-0.2, 0) is 5.88 Å². The topological polar surface area (TPSA) is 19.4 Å². The van der Waals surface area contributed by atoms with Crippen molar-refractivity contribution in [3.05, 3.63) is 23.9 Å². The van der Waals surface area contributed by atoms with Gasteiger partial charge >= 0.3 is 0 Å². The number of hydrogen-bond acceptors (Lipinski definition) is 3. The van der Waals surface area contributed by atoms with Crippen molar-refractivity contribution in [2.75, 3.05) is 37.6 Å². The highest BCUT2D eigenvalue weighted by Gasteiger charge is 2.16. The summed E-state index contributed by atoms with van der Waals surface area (Å²) in [6, 6.07) is 6.07. The van der Waals surface area contributed by atoms with Gasteiger partial charge in [0.05, 0.1) is 11.6 Å². The van der Waals surface area contributed by atoms with Gasteiger partial charge in [0, 0.05) is 26.2 Å². The second-order valence-electron chi connectivity index (χ2n) is 4.04. The summed E-state index contributed by atoms with van der Waals surface area (Å²) in [6.07, 6.45) is 0. The van der Waals surface area contributed by atoms with Crippen LogP contribution in [-0.4, -0.2) is 42.6 Å². The summed E-state index contributed by atoms with van der Waals surface area (Å²) in [5.41, 5.74) is 0.956. The summed E-state index contributed by atoms with van der Waals surface area (Å²) in [6.45, 7) is 7.73. The molecule has 0 aromatic carbocycles. The molecule has 88 valence electrons. The zero-order valence-electron chi connectivity index (χ0n) is 9.69. The Hall–Kier alpha value is -0.800. The lowest BCUT2D eigenvalue weighted by Crippen LogP contribution is -2.46. The number of piperazine rings is 1. The lowest BCUT2D eigenvalue weighted by Gasteiger charge is -2.34. The van der Waals surface area contributed by atoms with Crippen molar-refractivity contribution in [2.24, 2.45) is 0 Å². The van der Waals surface area contributed by atoms with Crippen molar-refractivity contribution in [2.45, 2.75) is 12.8 Å². The summed E-state index contributed by atoms with van der Waals surface area (Å²) in [4.78, 5) is 9.34. The molecule has 0 unspecified atom stereocenters. The van der Waals surface area contributed by atoms with Crippen LogP contribution in [0.5, 0.6) is 0 Å². The molecule has 1 saturated heterocycles. The molecule has 0 aliphatic carbocycles. The first-order valence-electron chi connectivity index (χ1n) is 5.82. The Morgan fingerprint density at radius 2 is 2.00 bits per heavy atom. The molecule has 0 spiro atoms. The van der Waals surface area contributed by atoms with E-state index in [9.17, 15) is 0 Å². The van der Waals surface area contributed by atoms with Crippen molar-refractivity contribution in [3.63, 3.8) is 0 Å². The summed E-state index contributed by atoms with van der Waals surface area (Å²) < 4.78 is 0. The molecule has 1 aliphatic heterocycles. The average Bonchev–Trinajstić information content (AvgIpc) is 2.39. The van der Waals surface area contributed by atoms with Gasteiger partial charge in [0.1, 0.15) is 5.82 Å². The number of likely N-dealkylation sites (N-methyl/N-ethyl adjacent to an activating group) is 1. The number of anilines is 1. The predicted octanol–water partition coefficient (Wildman–Crippen LogP) is 1.96. The largest absolute Gasteiger partial charge is 0.354 e. The molecule has 4 heteroatoms. The van der Waals surface area contributed by atoms with Gasteiger partial charge < -0.3 is 9.80 Å². The molecular formula is C12H18ClN3. The summed E-state index contributed by atoms with van der Waals surface area (Å²) in [5, 5.41) is 0. The van der Waals surface area contributed by atoms with Gasteiger partial charge in [-0.15, -0.1) is 11.6 Å². The zero-order chi connectivity index (χ0) is 11.4. The Labute approximate surface area is 102 Å². The molecule has 1 aliphatic rings. The third-order valence-corrected chi connectivity index (χ3v) is 3.35. The van der Waals surface area contributed by atoms with Crippen LogP contribution in [0.4, 0.5) is 5.82 Å². The normalized spacial score (nSPS) is 17.8. The van der Waals surface area contributed by atoms with E-state index in [-0.39, 0.29) is 0 Å². The summed E-state index contributed by atoms with van der Waals surface area (Å²) in [7, 11) is 0. The van der Waals surface area contributed by atoms with Crippen LogP contribution < -0.4 is 4.90 Å². The van der Waals surface area contributed by atoms with Gasteiger partial charge in [-0.1, -0.05) is 13.0 Å². The number of pyridine rings is 1. The molecule has 1 fully saturated rings. The predicted molar refractivity (Wildman–Crippen MR) is 68.1 cm³/mol. The van der Waals surface area contributed by atoms with Gasteiger partial charge in [-0.25, -0.2) is 4.98 Å². The van der Waals surface area contributed by atoms with E-state index in [0.29, 0.717) is 5.88 Å². The molecule has 3 nitrogen and oxygen atoms in total. The molecule has 0 atom stereocenters. The second kappa shape index (κ2) is 5.51. The second-order valence-corrected chi connectivity index (χ2v) is 4.31. The fourth-order valence-electron chi connectivity index (χ4n) is 2.01. The smallest absolute Gasteiger partial charge is 0.128 e. The van der Waals surface area contributed by atoms with Crippen molar-refractivity contribution in [1.29, 1.82) is 0 Å². The highest BCUT2D eigenvalue weighted by molar-refractivity contribution is 6.16. The minimum absolute atomic E-state index is 0.489. The molecule has 2 rings (SSSR count). The van der Waals surface area contributed by atoms with Crippen molar-refractivity contribution >= 4 is 17.4 Å². The fraction of sp³-hybridized carbons (Fsp3) is 0.583. The first-order chi connectivity index (χ1) is 7.83. The monoisotopic (exact) mass is 239 g/mol. The van der Waals surface area contributed by atoms with Crippen LogP contribution in [0, 0.1) is 0 Å². The molecule has 0 bridgehead atoms. The highest BCUT2D eigenvalue weighted by Crippen LogP contribution is 2.14. The van der Waals surface area contributed by atoms with E-state index in [1.807, 2.05) is 12.1 Å². The van der Waals surface area contributed by atoms with E-state index in [2.05, 4.69) is 27.8 Å². The van der Waals surface area contributed by atoms with Crippen LogP contribution in [0.1, 0.15) is 12.6 Å². The van der Waals surface area contributed by atoms with E-state index in [0.717, 1.165) is 44.2 Å². The highest BCUT2D eigenvalue weighted by atomic mass is 35.5. The molecule has 1 aromatic rings. The van der Waals surface area contributed by atoms with Crippen molar-refractivity contribution in [3.8, 4) is 0 Å². The number of nitrogens with zero attached hydrogens (tertiary/aromatic N) is 3. The minimum Gasteiger partial charge on any atom is -0.354 e. The number of hydrogen-bond donors (Lipinski definition) is 0. The van der Waals surface area contributed by atoms with Crippen LogP contribution in [0.3, 0.4) is 0 Å². The van der Waals surface area contributed by atoms with Gasteiger partial charge in [-0.3, -0.25) is 0 Å². The average molecular weight is 240 g/mol. The molecule has 1 aromatic heterocycles. The fourth-order valence-corrected chi connectivity index (χ4v) is 2.16. The quantitative estimate of drug-likeness (QED) is 0.752. The van der Waals surface area contributed by atoms with Gasteiger partial charge in [0.2, 0.25) is 0 Å². The Morgan fingerprint density at radius 1 is 1.25 bits per heavy atom. The molecule has 0 radical (unpaired) electrons. The van der Waals surface area contributed by atoms with Crippen molar-refractivity contribution < 1.29 is 0 Å². The number of halogens is 1. The zero-order valence-corrected chi connectivity index (χ0v) is 10.5. The maximum Gasteiger partial charge on any atom is 0.128 e. The van der Waals surface area contributed by atoms with E-state index < -0.39 is 0 Å². The Bertz CT molecular complexity index is 335. The van der Waals surface area contributed by atoms with Gasteiger partial charge in [-0.05, 0) is 18.7 Å². The van der Waals surface area contributed by atoms with Gasteiger partial charge in [0.15, 0.2) is 0 Å². The lowest BCUT2D eigenvalue weighted by molar-refractivity contribution is 0.270. The number of rotatable bonds is 3. The van der Waals surface area contributed by atoms with Crippen LogP contribution in [0.25, 0.3) is 0 Å². The molecule has 16 heavy (non-hydrogen) atoms. The third-order valence-electron chi connectivity index (χ3n) is 3.07. The summed E-state index contributed by atoms with van der Waals surface area (Å²) >= 11 is 5.79. The van der Waals surface area contributed by atoms with E-state index >= 15 is 0 Å². The van der Waals surface area contributed by atoms with Gasteiger partial charge in [0.25, 0.3) is 0 Å². The third kappa shape index (κ3) is 2.66. The molecule has 0 amide bonds. The minimum atomic E-state index is 0.489. The van der Waals surface area contributed by atoms with Gasteiger partial charge in [-0.2, -0.15) is 0 Å².